The molecule has 94 valence electrons. The van der Waals surface area contributed by atoms with Gasteiger partial charge in [0, 0.05) is 6.04 Å². The summed E-state index contributed by atoms with van der Waals surface area (Å²) in [5.74, 6) is 0.360. The Labute approximate surface area is 92.3 Å². The largest absolute Gasteiger partial charge is 0.440 e. The zero-order valence-corrected chi connectivity index (χ0v) is 9.14. The van der Waals surface area contributed by atoms with Gasteiger partial charge in [-0.2, -0.15) is 13.2 Å². The van der Waals surface area contributed by atoms with E-state index in [2.05, 4.69) is 10.1 Å². The minimum absolute atomic E-state index is 0.122. The van der Waals surface area contributed by atoms with Gasteiger partial charge in [0.1, 0.15) is 0 Å². The first-order chi connectivity index (χ1) is 7.38. The van der Waals surface area contributed by atoms with Crippen molar-refractivity contribution in [3.05, 3.63) is 0 Å². The predicted molar refractivity (Wildman–Crippen MR) is 52.0 cm³/mol. The fraction of sp³-hybridized carbons (Fsp3) is 0.900. The van der Waals surface area contributed by atoms with Crippen molar-refractivity contribution in [1.82, 2.24) is 5.32 Å². The molecule has 0 unspecified atom stereocenters. The van der Waals surface area contributed by atoms with Crippen LogP contribution >= 0.6 is 0 Å². The highest BCUT2D eigenvalue weighted by atomic mass is 19.4. The molecule has 0 radical (unpaired) electrons. The summed E-state index contributed by atoms with van der Waals surface area (Å²) in [4.78, 5) is 11.0. The van der Waals surface area contributed by atoms with E-state index in [1.54, 1.807) is 6.92 Å². The maximum Gasteiger partial charge on any atom is 0.422 e. The molecule has 1 rings (SSSR count). The molecule has 6 heteroatoms. The van der Waals surface area contributed by atoms with Crippen LogP contribution in [-0.2, 0) is 4.74 Å². The topological polar surface area (TPSA) is 38.3 Å². The van der Waals surface area contributed by atoms with Crippen LogP contribution in [0.15, 0.2) is 0 Å². The van der Waals surface area contributed by atoms with Gasteiger partial charge in [-0.3, -0.25) is 0 Å². The Hall–Kier alpha value is -0.940. The van der Waals surface area contributed by atoms with Crippen LogP contribution in [0.5, 0.6) is 0 Å². The molecule has 3 nitrogen and oxygen atoms in total. The SMILES string of the molecule is C[C@@H](NC(=O)OCC(F)(F)F)C1CCCC1. The molecule has 0 aromatic rings. The predicted octanol–water partition coefficient (Wildman–Crippen LogP) is 2.85. The number of alkyl halides is 3. The summed E-state index contributed by atoms with van der Waals surface area (Å²) >= 11 is 0. The van der Waals surface area contributed by atoms with Gasteiger partial charge in [0.25, 0.3) is 0 Å². The van der Waals surface area contributed by atoms with E-state index in [0.717, 1.165) is 25.7 Å². The Morgan fingerprint density at radius 1 is 1.44 bits per heavy atom. The van der Waals surface area contributed by atoms with Crippen LogP contribution in [0.4, 0.5) is 18.0 Å². The summed E-state index contributed by atoms with van der Waals surface area (Å²) in [5, 5.41) is 2.43. The first-order valence-corrected chi connectivity index (χ1v) is 5.38. The first kappa shape index (κ1) is 13.1. The lowest BCUT2D eigenvalue weighted by Crippen LogP contribution is -2.38. The van der Waals surface area contributed by atoms with Crippen LogP contribution < -0.4 is 5.32 Å². The number of hydrogen-bond acceptors (Lipinski definition) is 2. The number of nitrogens with one attached hydrogen (secondary N) is 1. The fourth-order valence-electron chi connectivity index (χ4n) is 1.95. The summed E-state index contributed by atoms with van der Waals surface area (Å²) in [7, 11) is 0. The maximum absolute atomic E-state index is 11.7. The van der Waals surface area contributed by atoms with E-state index in [4.69, 9.17) is 0 Å². The molecule has 1 N–H and O–H groups in total. The second-order valence-corrected chi connectivity index (χ2v) is 4.17. The van der Waals surface area contributed by atoms with Gasteiger partial charge in [0.2, 0.25) is 0 Å². The Kier molecular flexibility index (Phi) is 4.44. The summed E-state index contributed by atoms with van der Waals surface area (Å²) in [6, 6.07) is -0.122. The molecule has 0 bridgehead atoms. The zero-order chi connectivity index (χ0) is 12.2. The second-order valence-electron chi connectivity index (χ2n) is 4.17. The molecule has 1 saturated carbocycles. The molecular weight excluding hydrogens is 223 g/mol. The molecule has 0 spiro atoms. The van der Waals surface area contributed by atoms with E-state index < -0.39 is 18.9 Å². The summed E-state index contributed by atoms with van der Waals surface area (Å²) in [5.41, 5.74) is 0. The van der Waals surface area contributed by atoms with Gasteiger partial charge in [-0.1, -0.05) is 12.8 Å². The molecule has 0 aromatic heterocycles. The van der Waals surface area contributed by atoms with Crippen molar-refractivity contribution >= 4 is 6.09 Å². The van der Waals surface area contributed by atoms with E-state index in [1.807, 2.05) is 0 Å². The van der Waals surface area contributed by atoms with Gasteiger partial charge in [0.05, 0.1) is 0 Å². The smallest absolute Gasteiger partial charge is 0.422 e. The summed E-state index contributed by atoms with van der Waals surface area (Å²) < 4.78 is 39.3. The molecule has 0 heterocycles. The summed E-state index contributed by atoms with van der Waals surface area (Å²) in [6.45, 7) is 0.265. The van der Waals surface area contributed by atoms with Gasteiger partial charge in [-0.25, -0.2) is 4.79 Å². The van der Waals surface area contributed by atoms with Crippen LogP contribution in [0.3, 0.4) is 0 Å². The monoisotopic (exact) mass is 239 g/mol. The third-order valence-corrected chi connectivity index (χ3v) is 2.82. The third kappa shape index (κ3) is 4.72. The molecule has 1 amide bonds. The van der Waals surface area contributed by atoms with Crippen molar-refractivity contribution in [2.75, 3.05) is 6.61 Å². The van der Waals surface area contributed by atoms with E-state index in [1.165, 1.54) is 0 Å². The van der Waals surface area contributed by atoms with E-state index in [-0.39, 0.29) is 6.04 Å². The van der Waals surface area contributed by atoms with Gasteiger partial charge in [0.15, 0.2) is 6.61 Å². The zero-order valence-electron chi connectivity index (χ0n) is 9.14. The van der Waals surface area contributed by atoms with Crippen molar-refractivity contribution < 1.29 is 22.7 Å². The van der Waals surface area contributed by atoms with Crippen LogP contribution in [0.1, 0.15) is 32.6 Å². The summed E-state index contributed by atoms with van der Waals surface area (Å²) in [6.07, 6.45) is -1.19. The van der Waals surface area contributed by atoms with Gasteiger partial charge in [-0.05, 0) is 25.7 Å². The number of carbonyl (C=O) groups excluding carboxylic acids is 1. The number of amides is 1. The maximum atomic E-state index is 11.7. The number of hydrogen-bond donors (Lipinski definition) is 1. The number of rotatable bonds is 3. The number of ether oxygens (including phenoxy) is 1. The van der Waals surface area contributed by atoms with Crippen LogP contribution in [0, 0.1) is 5.92 Å². The molecule has 1 aliphatic rings. The number of carbonyl (C=O) groups is 1. The highest BCUT2D eigenvalue weighted by Gasteiger charge is 2.30. The molecule has 0 saturated heterocycles. The van der Waals surface area contributed by atoms with E-state index in [9.17, 15) is 18.0 Å². The molecule has 0 aliphatic heterocycles. The molecule has 1 fully saturated rings. The third-order valence-electron chi connectivity index (χ3n) is 2.82. The highest BCUT2D eigenvalue weighted by molar-refractivity contribution is 5.67. The second kappa shape index (κ2) is 5.41. The van der Waals surface area contributed by atoms with Gasteiger partial charge >= 0.3 is 12.3 Å². The average molecular weight is 239 g/mol. The molecule has 0 aromatic carbocycles. The lowest BCUT2D eigenvalue weighted by atomic mass is 10.0. The van der Waals surface area contributed by atoms with Crippen molar-refractivity contribution in [3.8, 4) is 0 Å². The normalized spacial score (nSPS) is 19.5. The fourth-order valence-corrected chi connectivity index (χ4v) is 1.95. The standard InChI is InChI=1S/C10H16F3NO2/c1-7(8-4-2-3-5-8)14-9(15)16-6-10(11,12)13/h7-8H,2-6H2,1H3,(H,14,15)/t7-/m1/s1. The Morgan fingerprint density at radius 3 is 2.50 bits per heavy atom. The van der Waals surface area contributed by atoms with Crippen molar-refractivity contribution in [1.29, 1.82) is 0 Å². The quantitative estimate of drug-likeness (QED) is 0.822. The molecule has 1 aliphatic carbocycles. The minimum Gasteiger partial charge on any atom is -0.440 e. The van der Waals surface area contributed by atoms with Crippen molar-refractivity contribution in [3.63, 3.8) is 0 Å². The van der Waals surface area contributed by atoms with Crippen molar-refractivity contribution in [2.24, 2.45) is 5.92 Å². The molecule has 1 atom stereocenters. The Morgan fingerprint density at radius 2 is 2.00 bits per heavy atom. The molecule has 16 heavy (non-hydrogen) atoms. The van der Waals surface area contributed by atoms with Crippen molar-refractivity contribution in [2.45, 2.75) is 44.8 Å². The lowest BCUT2D eigenvalue weighted by Gasteiger charge is -2.20. The van der Waals surface area contributed by atoms with Crippen LogP contribution in [0.2, 0.25) is 0 Å². The Bertz CT molecular complexity index is 237. The lowest BCUT2D eigenvalue weighted by molar-refractivity contribution is -0.160. The molecular formula is C10H16F3NO2. The van der Waals surface area contributed by atoms with Gasteiger partial charge < -0.3 is 10.1 Å². The number of halogens is 3. The van der Waals surface area contributed by atoms with Crippen LogP contribution in [-0.4, -0.2) is 24.9 Å². The van der Waals surface area contributed by atoms with E-state index >= 15 is 0 Å². The van der Waals surface area contributed by atoms with Gasteiger partial charge in [-0.15, -0.1) is 0 Å². The average Bonchev–Trinajstić information content (AvgIpc) is 2.66. The first-order valence-electron chi connectivity index (χ1n) is 5.38. The number of alkyl carbamates (subject to hydrolysis) is 1. The Balaban J connectivity index is 2.22. The highest BCUT2D eigenvalue weighted by Crippen LogP contribution is 2.27. The van der Waals surface area contributed by atoms with E-state index in [0.29, 0.717) is 5.92 Å². The minimum atomic E-state index is -4.46. The van der Waals surface area contributed by atoms with Crippen LogP contribution in [0.25, 0.3) is 0 Å².